The smallest absolute Gasteiger partial charge is 0.225 e. The number of nitrogens with zero attached hydrogens (tertiary/aromatic N) is 3. The lowest BCUT2D eigenvalue weighted by Gasteiger charge is -2.32. The third-order valence-electron chi connectivity index (χ3n) is 3.58. The van der Waals surface area contributed by atoms with Gasteiger partial charge in [-0.1, -0.05) is 0 Å². The van der Waals surface area contributed by atoms with E-state index in [4.69, 9.17) is 4.74 Å². The van der Waals surface area contributed by atoms with Crippen LogP contribution < -0.4 is 10.2 Å². The third kappa shape index (κ3) is 4.44. The second kappa shape index (κ2) is 7.40. The van der Waals surface area contributed by atoms with Crippen LogP contribution in [0.2, 0.25) is 0 Å². The maximum absolute atomic E-state index is 5.03. The fourth-order valence-corrected chi connectivity index (χ4v) is 2.37. The number of nitrogens with one attached hydrogen (secondary N) is 1. The van der Waals surface area contributed by atoms with Gasteiger partial charge in [-0.3, -0.25) is 0 Å². The Morgan fingerprint density at radius 1 is 1.32 bits per heavy atom. The molecule has 0 unspecified atom stereocenters. The highest BCUT2D eigenvalue weighted by Gasteiger charge is 2.20. The van der Waals surface area contributed by atoms with Crippen molar-refractivity contribution in [2.45, 2.75) is 19.8 Å². The molecule has 0 atom stereocenters. The van der Waals surface area contributed by atoms with E-state index in [1.54, 1.807) is 7.11 Å². The van der Waals surface area contributed by atoms with Gasteiger partial charge in [0.05, 0.1) is 6.61 Å². The van der Waals surface area contributed by atoms with Crippen LogP contribution in [0.25, 0.3) is 0 Å². The SMILES string of the molecule is COCCNCC1CCN(c2ncc(C)cn2)CC1. The molecule has 0 radical (unpaired) electrons. The van der Waals surface area contributed by atoms with Crippen LogP contribution in [-0.2, 0) is 4.74 Å². The number of anilines is 1. The maximum Gasteiger partial charge on any atom is 0.225 e. The summed E-state index contributed by atoms with van der Waals surface area (Å²) in [4.78, 5) is 11.1. The minimum Gasteiger partial charge on any atom is -0.383 e. The van der Waals surface area contributed by atoms with Gasteiger partial charge in [0.1, 0.15) is 0 Å². The molecule has 0 bridgehead atoms. The van der Waals surface area contributed by atoms with Crippen LogP contribution >= 0.6 is 0 Å². The van der Waals surface area contributed by atoms with Crippen molar-refractivity contribution in [3.8, 4) is 0 Å². The topological polar surface area (TPSA) is 50.3 Å². The summed E-state index contributed by atoms with van der Waals surface area (Å²) < 4.78 is 5.03. The number of piperidine rings is 1. The number of aryl methyl sites for hydroxylation is 1. The molecular weight excluding hydrogens is 240 g/mol. The molecule has 0 amide bonds. The lowest BCUT2D eigenvalue weighted by Crippen LogP contribution is -2.38. The van der Waals surface area contributed by atoms with Crippen molar-refractivity contribution in [2.24, 2.45) is 5.92 Å². The number of ether oxygens (including phenoxy) is 1. The van der Waals surface area contributed by atoms with Crippen molar-refractivity contribution in [3.05, 3.63) is 18.0 Å². The fraction of sp³-hybridized carbons (Fsp3) is 0.714. The van der Waals surface area contributed by atoms with Crippen LogP contribution in [0.1, 0.15) is 18.4 Å². The van der Waals surface area contributed by atoms with Crippen LogP contribution in [0.3, 0.4) is 0 Å². The van der Waals surface area contributed by atoms with Crippen molar-refractivity contribution >= 4 is 5.95 Å². The Labute approximate surface area is 115 Å². The molecule has 106 valence electrons. The molecule has 1 aliphatic heterocycles. The summed E-state index contributed by atoms with van der Waals surface area (Å²) in [6.45, 7) is 6.95. The standard InChI is InChI=1S/C14H24N4O/c1-12-9-16-14(17-10-12)18-6-3-13(4-7-18)11-15-5-8-19-2/h9-10,13,15H,3-8,11H2,1-2H3. The normalized spacial score (nSPS) is 16.8. The van der Waals surface area contributed by atoms with E-state index in [1.165, 1.54) is 12.8 Å². The number of aromatic nitrogens is 2. The van der Waals surface area contributed by atoms with Crippen molar-refractivity contribution in [1.82, 2.24) is 15.3 Å². The molecule has 1 N–H and O–H groups in total. The quantitative estimate of drug-likeness (QED) is 0.783. The first-order valence-electron chi connectivity index (χ1n) is 7.03. The van der Waals surface area contributed by atoms with Gasteiger partial charge in [-0.25, -0.2) is 9.97 Å². The second-order valence-corrected chi connectivity index (χ2v) is 5.19. The second-order valence-electron chi connectivity index (χ2n) is 5.19. The minimum atomic E-state index is 0.763. The molecule has 1 aromatic rings. The largest absolute Gasteiger partial charge is 0.383 e. The molecule has 1 aliphatic rings. The summed E-state index contributed by atoms with van der Waals surface area (Å²) in [5.41, 5.74) is 1.11. The van der Waals surface area contributed by atoms with Crippen LogP contribution in [0.15, 0.2) is 12.4 Å². The van der Waals surface area contributed by atoms with Crippen molar-refractivity contribution in [3.63, 3.8) is 0 Å². The van der Waals surface area contributed by atoms with Gasteiger partial charge in [-0.2, -0.15) is 0 Å². The van der Waals surface area contributed by atoms with E-state index in [0.29, 0.717) is 0 Å². The number of hydrogen-bond acceptors (Lipinski definition) is 5. The lowest BCUT2D eigenvalue weighted by molar-refractivity contribution is 0.196. The lowest BCUT2D eigenvalue weighted by atomic mass is 9.97. The van der Waals surface area contributed by atoms with Gasteiger partial charge >= 0.3 is 0 Å². The zero-order valence-electron chi connectivity index (χ0n) is 11.9. The summed E-state index contributed by atoms with van der Waals surface area (Å²) in [6, 6.07) is 0. The van der Waals surface area contributed by atoms with E-state index in [-0.39, 0.29) is 0 Å². The molecule has 19 heavy (non-hydrogen) atoms. The molecule has 2 rings (SSSR count). The van der Waals surface area contributed by atoms with Gasteiger partial charge in [-0.15, -0.1) is 0 Å². The zero-order valence-corrected chi connectivity index (χ0v) is 11.9. The highest BCUT2D eigenvalue weighted by atomic mass is 16.5. The summed E-state index contributed by atoms with van der Waals surface area (Å²) in [5, 5.41) is 3.44. The first-order chi connectivity index (χ1) is 9.29. The van der Waals surface area contributed by atoms with Crippen LogP contribution in [-0.4, -0.2) is 49.9 Å². The Kier molecular flexibility index (Phi) is 5.54. The number of rotatable bonds is 6. The summed E-state index contributed by atoms with van der Waals surface area (Å²) in [6.07, 6.45) is 6.19. The predicted molar refractivity (Wildman–Crippen MR) is 76.5 cm³/mol. The fourth-order valence-electron chi connectivity index (χ4n) is 2.37. The van der Waals surface area contributed by atoms with Crippen LogP contribution in [0, 0.1) is 12.8 Å². The van der Waals surface area contributed by atoms with E-state index < -0.39 is 0 Å². The molecule has 0 aliphatic carbocycles. The van der Waals surface area contributed by atoms with Gasteiger partial charge in [0.25, 0.3) is 0 Å². The molecule has 1 fully saturated rings. The molecule has 0 saturated carbocycles. The molecular formula is C14H24N4O. The van der Waals surface area contributed by atoms with Gasteiger partial charge in [0.2, 0.25) is 5.95 Å². The molecule has 1 saturated heterocycles. The Bertz CT molecular complexity index is 360. The highest BCUT2D eigenvalue weighted by Crippen LogP contribution is 2.19. The molecule has 1 aromatic heterocycles. The van der Waals surface area contributed by atoms with E-state index in [0.717, 1.165) is 50.2 Å². The molecule has 5 heteroatoms. The summed E-state index contributed by atoms with van der Waals surface area (Å²) in [7, 11) is 1.74. The molecule has 5 nitrogen and oxygen atoms in total. The van der Waals surface area contributed by atoms with E-state index in [9.17, 15) is 0 Å². The monoisotopic (exact) mass is 264 g/mol. The maximum atomic E-state index is 5.03. The van der Waals surface area contributed by atoms with Gasteiger partial charge in [0.15, 0.2) is 0 Å². The van der Waals surface area contributed by atoms with E-state index in [2.05, 4.69) is 20.2 Å². The predicted octanol–water partition coefficient (Wildman–Crippen LogP) is 1.24. The summed E-state index contributed by atoms with van der Waals surface area (Å²) >= 11 is 0. The average Bonchev–Trinajstić information content (AvgIpc) is 2.45. The Morgan fingerprint density at radius 3 is 2.63 bits per heavy atom. The average molecular weight is 264 g/mol. The zero-order chi connectivity index (χ0) is 13.5. The third-order valence-corrected chi connectivity index (χ3v) is 3.58. The van der Waals surface area contributed by atoms with Crippen LogP contribution in [0.4, 0.5) is 5.95 Å². The molecule has 0 aromatic carbocycles. The Morgan fingerprint density at radius 2 is 2.00 bits per heavy atom. The van der Waals surface area contributed by atoms with Gasteiger partial charge in [-0.05, 0) is 37.8 Å². The Hall–Kier alpha value is -1.20. The first-order valence-corrected chi connectivity index (χ1v) is 7.03. The van der Waals surface area contributed by atoms with Gasteiger partial charge in [0, 0.05) is 39.1 Å². The minimum absolute atomic E-state index is 0.763. The highest BCUT2D eigenvalue weighted by molar-refractivity contribution is 5.30. The van der Waals surface area contributed by atoms with Gasteiger partial charge < -0.3 is 15.0 Å². The molecule has 0 spiro atoms. The molecule has 2 heterocycles. The summed E-state index contributed by atoms with van der Waals surface area (Å²) in [5.74, 6) is 1.63. The van der Waals surface area contributed by atoms with Crippen molar-refractivity contribution in [1.29, 1.82) is 0 Å². The Balaban J connectivity index is 1.71. The van der Waals surface area contributed by atoms with Crippen molar-refractivity contribution in [2.75, 3.05) is 44.8 Å². The van der Waals surface area contributed by atoms with Crippen molar-refractivity contribution < 1.29 is 4.74 Å². The number of hydrogen-bond donors (Lipinski definition) is 1. The van der Waals surface area contributed by atoms with Crippen LogP contribution in [0.5, 0.6) is 0 Å². The number of methoxy groups -OCH3 is 1. The first kappa shape index (κ1) is 14.2. The van der Waals surface area contributed by atoms with E-state index >= 15 is 0 Å². The van der Waals surface area contributed by atoms with E-state index in [1.807, 2.05) is 19.3 Å².